The first-order chi connectivity index (χ1) is 9.97. The van der Waals surface area contributed by atoms with E-state index in [1.165, 1.54) is 11.1 Å². The van der Waals surface area contributed by atoms with Gasteiger partial charge in [0, 0.05) is 29.9 Å². The number of hydrogen-bond acceptors (Lipinski definition) is 3. The highest BCUT2D eigenvalue weighted by molar-refractivity contribution is 5.76. The van der Waals surface area contributed by atoms with Gasteiger partial charge in [-0.05, 0) is 70.7 Å². The first-order valence-electron chi connectivity index (χ1n) is 7.95. The highest BCUT2D eigenvalue weighted by atomic mass is 16.1. The number of nitrogens with zero attached hydrogens (tertiary/aromatic N) is 1. The summed E-state index contributed by atoms with van der Waals surface area (Å²) in [6.07, 6.45) is 3.79. The maximum Gasteiger partial charge on any atom is 0.220 e. The van der Waals surface area contributed by atoms with Gasteiger partial charge in [-0.3, -0.25) is 9.78 Å². The van der Waals surface area contributed by atoms with Gasteiger partial charge in [-0.1, -0.05) is 0 Å². The Morgan fingerprint density at radius 2 is 2.10 bits per heavy atom. The third-order valence-electron chi connectivity index (χ3n) is 3.99. The van der Waals surface area contributed by atoms with Crippen LogP contribution in [0.2, 0.25) is 0 Å². The normalized spacial score (nSPS) is 15.8. The summed E-state index contributed by atoms with van der Waals surface area (Å²) in [5.74, 6) is 0.191. The van der Waals surface area contributed by atoms with E-state index in [1.54, 1.807) is 0 Å². The third kappa shape index (κ3) is 4.81. The molecular formula is C17H27N3O. The van der Waals surface area contributed by atoms with Crippen molar-refractivity contribution < 1.29 is 4.79 Å². The van der Waals surface area contributed by atoms with Crippen molar-refractivity contribution in [2.75, 3.05) is 6.54 Å². The van der Waals surface area contributed by atoms with E-state index < -0.39 is 0 Å². The quantitative estimate of drug-likeness (QED) is 0.759. The number of pyridine rings is 1. The molecule has 4 nitrogen and oxygen atoms in total. The molecular weight excluding hydrogens is 262 g/mol. The van der Waals surface area contributed by atoms with Crippen molar-refractivity contribution in [3.8, 4) is 0 Å². The predicted octanol–water partition coefficient (Wildman–Crippen LogP) is 2.72. The molecule has 0 radical (unpaired) electrons. The number of rotatable bonds is 7. The van der Waals surface area contributed by atoms with Gasteiger partial charge in [0.25, 0.3) is 0 Å². The molecule has 0 bridgehead atoms. The molecule has 1 aliphatic carbocycles. The average Bonchev–Trinajstić information content (AvgIpc) is 3.17. The van der Waals surface area contributed by atoms with Gasteiger partial charge in [-0.2, -0.15) is 0 Å². The van der Waals surface area contributed by atoms with E-state index in [4.69, 9.17) is 0 Å². The number of nitrogens with one attached hydrogen (secondary N) is 2. The fourth-order valence-electron chi connectivity index (χ4n) is 2.89. The number of hydrogen-bond donors (Lipinski definition) is 2. The van der Waals surface area contributed by atoms with Crippen molar-refractivity contribution in [2.24, 2.45) is 0 Å². The van der Waals surface area contributed by atoms with Crippen LogP contribution in [0.15, 0.2) is 6.07 Å². The van der Waals surface area contributed by atoms with E-state index in [0.717, 1.165) is 37.2 Å². The fourth-order valence-corrected chi connectivity index (χ4v) is 2.89. The Bertz CT molecular complexity index is 486. The average molecular weight is 289 g/mol. The van der Waals surface area contributed by atoms with Crippen LogP contribution in [0.1, 0.15) is 61.2 Å². The van der Waals surface area contributed by atoms with Gasteiger partial charge in [-0.25, -0.2) is 0 Å². The standard InChI is InChI=1S/C17H27N3O/c1-11-10-12(2)19-14(4)17(11)13(3)18-9-5-6-16(21)20-15-7-8-15/h10,13,15,18H,5-9H2,1-4H3,(H,20,21). The van der Waals surface area contributed by atoms with Crippen LogP contribution < -0.4 is 10.6 Å². The Balaban J connectivity index is 1.76. The van der Waals surface area contributed by atoms with Crippen molar-refractivity contribution in [2.45, 2.75) is 65.5 Å². The summed E-state index contributed by atoms with van der Waals surface area (Å²) in [7, 11) is 0. The molecule has 1 aliphatic rings. The molecule has 1 unspecified atom stereocenters. The maximum atomic E-state index is 11.6. The fraction of sp³-hybridized carbons (Fsp3) is 0.647. The highest BCUT2D eigenvalue weighted by Crippen LogP contribution is 2.21. The molecule has 0 aromatic carbocycles. The Morgan fingerprint density at radius 3 is 2.71 bits per heavy atom. The molecule has 1 amide bonds. The van der Waals surface area contributed by atoms with Crippen LogP contribution in [0.3, 0.4) is 0 Å². The van der Waals surface area contributed by atoms with Crippen molar-refractivity contribution in [3.05, 3.63) is 28.6 Å². The summed E-state index contributed by atoms with van der Waals surface area (Å²) in [6.45, 7) is 9.25. The Kier molecular flexibility index (Phi) is 5.34. The lowest BCUT2D eigenvalue weighted by Crippen LogP contribution is -2.27. The molecule has 1 saturated carbocycles. The van der Waals surface area contributed by atoms with E-state index in [2.05, 4.69) is 42.5 Å². The van der Waals surface area contributed by atoms with Gasteiger partial charge in [0.05, 0.1) is 0 Å². The molecule has 1 aromatic heterocycles. The van der Waals surface area contributed by atoms with Gasteiger partial charge in [0.15, 0.2) is 0 Å². The number of aryl methyl sites for hydroxylation is 3. The van der Waals surface area contributed by atoms with E-state index in [9.17, 15) is 4.79 Å². The second kappa shape index (κ2) is 7.03. The topological polar surface area (TPSA) is 54.0 Å². The van der Waals surface area contributed by atoms with Gasteiger partial charge >= 0.3 is 0 Å². The van der Waals surface area contributed by atoms with Crippen molar-refractivity contribution >= 4 is 5.91 Å². The Morgan fingerprint density at radius 1 is 1.38 bits per heavy atom. The number of carbonyl (C=O) groups is 1. The summed E-state index contributed by atoms with van der Waals surface area (Å²) in [5, 5.41) is 6.53. The molecule has 0 spiro atoms. The SMILES string of the molecule is Cc1cc(C)c(C(C)NCCCC(=O)NC2CC2)c(C)n1. The van der Waals surface area contributed by atoms with Crippen LogP contribution in [0, 0.1) is 20.8 Å². The molecule has 1 atom stereocenters. The Hall–Kier alpha value is -1.42. The third-order valence-corrected chi connectivity index (χ3v) is 3.99. The molecule has 0 saturated heterocycles. The molecule has 21 heavy (non-hydrogen) atoms. The number of amides is 1. The minimum atomic E-state index is 0.191. The van der Waals surface area contributed by atoms with Crippen LogP contribution >= 0.6 is 0 Å². The molecule has 2 rings (SSSR count). The van der Waals surface area contributed by atoms with E-state index >= 15 is 0 Å². The van der Waals surface area contributed by atoms with Gasteiger partial charge in [0.1, 0.15) is 0 Å². The second-order valence-corrected chi connectivity index (χ2v) is 6.20. The molecule has 2 N–H and O–H groups in total. The van der Waals surface area contributed by atoms with Crippen molar-refractivity contribution in [3.63, 3.8) is 0 Å². The van der Waals surface area contributed by atoms with Crippen LogP contribution in [0.25, 0.3) is 0 Å². The van der Waals surface area contributed by atoms with Gasteiger partial charge in [-0.15, -0.1) is 0 Å². The smallest absolute Gasteiger partial charge is 0.220 e. The van der Waals surface area contributed by atoms with E-state index in [0.29, 0.717) is 12.5 Å². The first-order valence-corrected chi connectivity index (χ1v) is 7.95. The minimum absolute atomic E-state index is 0.191. The summed E-state index contributed by atoms with van der Waals surface area (Å²) in [6, 6.07) is 2.86. The number of carbonyl (C=O) groups excluding carboxylic acids is 1. The van der Waals surface area contributed by atoms with E-state index in [-0.39, 0.29) is 11.9 Å². The molecule has 1 fully saturated rings. The molecule has 4 heteroatoms. The summed E-state index contributed by atoms with van der Waals surface area (Å²) < 4.78 is 0. The summed E-state index contributed by atoms with van der Waals surface area (Å²) in [5.41, 5.74) is 4.73. The number of aromatic nitrogens is 1. The zero-order valence-corrected chi connectivity index (χ0v) is 13.6. The highest BCUT2D eigenvalue weighted by Gasteiger charge is 2.22. The second-order valence-electron chi connectivity index (χ2n) is 6.20. The molecule has 116 valence electrons. The predicted molar refractivity (Wildman–Crippen MR) is 85.3 cm³/mol. The molecule has 1 aromatic rings. The maximum absolute atomic E-state index is 11.6. The zero-order chi connectivity index (χ0) is 15.4. The molecule has 0 aliphatic heterocycles. The monoisotopic (exact) mass is 289 g/mol. The lowest BCUT2D eigenvalue weighted by molar-refractivity contribution is -0.121. The van der Waals surface area contributed by atoms with E-state index in [1.807, 2.05) is 6.92 Å². The minimum Gasteiger partial charge on any atom is -0.353 e. The van der Waals surface area contributed by atoms with Crippen LogP contribution in [0.5, 0.6) is 0 Å². The van der Waals surface area contributed by atoms with Gasteiger partial charge < -0.3 is 10.6 Å². The lowest BCUT2D eigenvalue weighted by Gasteiger charge is -2.19. The zero-order valence-electron chi connectivity index (χ0n) is 13.6. The van der Waals surface area contributed by atoms with Crippen LogP contribution in [-0.4, -0.2) is 23.5 Å². The van der Waals surface area contributed by atoms with Crippen LogP contribution in [-0.2, 0) is 4.79 Å². The van der Waals surface area contributed by atoms with Crippen LogP contribution in [0.4, 0.5) is 0 Å². The lowest BCUT2D eigenvalue weighted by atomic mass is 10.0. The Labute approximate surface area is 127 Å². The summed E-state index contributed by atoms with van der Waals surface area (Å²) >= 11 is 0. The van der Waals surface area contributed by atoms with Gasteiger partial charge in [0.2, 0.25) is 5.91 Å². The first kappa shape index (κ1) is 16.0. The summed E-state index contributed by atoms with van der Waals surface area (Å²) in [4.78, 5) is 16.2. The largest absolute Gasteiger partial charge is 0.353 e. The van der Waals surface area contributed by atoms with Crippen molar-refractivity contribution in [1.29, 1.82) is 0 Å². The molecule has 1 heterocycles. The van der Waals surface area contributed by atoms with Crippen molar-refractivity contribution in [1.82, 2.24) is 15.6 Å².